The zero-order valence-corrected chi connectivity index (χ0v) is 20.3. The maximum absolute atomic E-state index is 12.7. The van der Waals surface area contributed by atoms with Gasteiger partial charge >= 0.3 is 12.1 Å². The van der Waals surface area contributed by atoms with E-state index in [0.717, 1.165) is 22.3 Å². The van der Waals surface area contributed by atoms with Gasteiger partial charge in [-0.2, -0.15) is 0 Å². The van der Waals surface area contributed by atoms with Crippen LogP contribution in [0.2, 0.25) is 0 Å². The van der Waals surface area contributed by atoms with Crippen LogP contribution in [0.15, 0.2) is 71.2 Å². The van der Waals surface area contributed by atoms with E-state index in [1.807, 2.05) is 24.3 Å². The number of carboxylic acid groups (broad SMARTS) is 1. The number of carboxylic acids is 1. The summed E-state index contributed by atoms with van der Waals surface area (Å²) >= 11 is 3.35. The van der Waals surface area contributed by atoms with Gasteiger partial charge in [0.15, 0.2) is 0 Å². The molecule has 0 bridgehead atoms. The van der Waals surface area contributed by atoms with Crippen molar-refractivity contribution < 1.29 is 24.2 Å². The molecule has 0 aliphatic heterocycles. The molecule has 2 aliphatic rings. The molecule has 8 heteroatoms. The molecular weight excluding hydrogens is 512 g/mol. The highest BCUT2D eigenvalue weighted by Crippen LogP contribution is 2.45. The standard InChI is InChI=1S/C27H23BrN2O5/c28-23-10-9-16(13-21(23)24(31)29-15-27(11-12-27)25(32)33)30-26(34)35-14-22-19-7-3-1-5-17(19)18-6-2-4-8-20(18)22/h1-10,13,22H,11-12,14-15H2,(H,29,31)(H,30,34)(H,32,33). The van der Waals surface area contributed by atoms with Gasteiger partial charge in [-0.25, -0.2) is 4.79 Å². The van der Waals surface area contributed by atoms with E-state index < -0.39 is 23.4 Å². The van der Waals surface area contributed by atoms with E-state index in [-0.39, 0.29) is 19.1 Å². The molecule has 3 aromatic rings. The molecular formula is C27H23BrN2O5. The first-order valence-electron chi connectivity index (χ1n) is 11.3. The van der Waals surface area contributed by atoms with Crippen molar-refractivity contribution in [1.29, 1.82) is 0 Å². The van der Waals surface area contributed by atoms with E-state index in [1.165, 1.54) is 6.07 Å². The third-order valence-corrected chi connectivity index (χ3v) is 7.39. The smallest absolute Gasteiger partial charge is 0.411 e. The van der Waals surface area contributed by atoms with E-state index in [4.69, 9.17) is 4.74 Å². The minimum atomic E-state index is -0.900. The van der Waals surface area contributed by atoms with E-state index in [9.17, 15) is 19.5 Å². The Morgan fingerprint density at radius 1 is 0.971 bits per heavy atom. The highest BCUT2D eigenvalue weighted by Gasteiger charge is 2.50. The molecule has 35 heavy (non-hydrogen) atoms. The van der Waals surface area contributed by atoms with Crippen LogP contribution in [0.1, 0.15) is 40.2 Å². The van der Waals surface area contributed by atoms with Crippen LogP contribution in [0.4, 0.5) is 10.5 Å². The van der Waals surface area contributed by atoms with Crippen molar-refractivity contribution in [2.24, 2.45) is 5.41 Å². The van der Waals surface area contributed by atoms with Gasteiger partial charge in [0.05, 0.1) is 11.0 Å². The molecule has 0 saturated heterocycles. The first-order valence-corrected chi connectivity index (χ1v) is 12.1. The quantitative estimate of drug-likeness (QED) is 0.376. The average molecular weight is 535 g/mol. The Kier molecular flexibility index (Phi) is 6.06. The van der Waals surface area contributed by atoms with Crippen LogP contribution in [-0.2, 0) is 9.53 Å². The topological polar surface area (TPSA) is 105 Å². The van der Waals surface area contributed by atoms with E-state index >= 15 is 0 Å². The SMILES string of the molecule is O=C(Nc1ccc(Br)c(C(=O)NCC2(C(=O)O)CC2)c1)OCC1c2ccccc2-c2ccccc21. The number of hydrogen-bond donors (Lipinski definition) is 3. The van der Waals surface area contributed by atoms with Crippen LogP contribution in [0.25, 0.3) is 11.1 Å². The molecule has 3 N–H and O–H groups in total. The molecule has 0 atom stereocenters. The van der Waals surface area contributed by atoms with Gasteiger partial charge in [0, 0.05) is 22.6 Å². The average Bonchev–Trinajstić information content (AvgIpc) is 3.59. The van der Waals surface area contributed by atoms with Crippen molar-refractivity contribution in [2.75, 3.05) is 18.5 Å². The minimum absolute atomic E-state index is 0.0524. The lowest BCUT2D eigenvalue weighted by molar-refractivity contribution is -0.143. The maximum Gasteiger partial charge on any atom is 0.411 e. The fourth-order valence-electron chi connectivity index (χ4n) is 4.49. The number of benzene rings is 3. The first kappa shape index (κ1) is 23.1. The summed E-state index contributed by atoms with van der Waals surface area (Å²) in [6.45, 7) is 0.249. The zero-order valence-electron chi connectivity index (χ0n) is 18.7. The van der Waals surface area contributed by atoms with Gasteiger partial charge in [-0.15, -0.1) is 0 Å². The molecule has 178 valence electrons. The summed E-state index contributed by atoms with van der Waals surface area (Å²) in [6.07, 6.45) is 0.476. The lowest BCUT2D eigenvalue weighted by Crippen LogP contribution is -2.34. The normalized spacial score (nSPS) is 15.0. The Morgan fingerprint density at radius 3 is 2.20 bits per heavy atom. The number of carbonyl (C=O) groups is 3. The summed E-state index contributed by atoms with van der Waals surface area (Å²) in [6, 6.07) is 21.0. The molecule has 1 fully saturated rings. The molecule has 7 nitrogen and oxygen atoms in total. The Balaban J connectivity index is 1.23. The summed E-state index contributed by atoms with van der Waals surface area (Å²) in [5.74, 6) is -1.37. The number of anilines is 1. The molecule has 2 amide bonds. The number of amides is 2. The van der Waals surface area contributed by atoms with Crippen LogP contribution in [0.3, 0.4) is 0 Å². The number of rotatable bonds is 7. The fourth-order valence-corrected chi connectivity index (χ4v) is 4.92. The molecule has 0 radical (unpaired) electrons. The molecule has 0 heterocycles. The van der Waals surface area contributed by atoms with Crippen LogP contribution in [0.5, 0.6) is 0 Å². The van der Waals surface area contributed by atoms with Crippen molar-refractivity contribution >= 4 is 39.6 Å². The molecule has 3 aromatic carbocycles. The Hall–Kier alpha value is -3.65. The minimum Gasteiger partial charge on any atom is -0.481 e. The number of nitrogens with one attached hydrogen (secondary N) is 2. The van der Waals surface area contributed by atoms with Crippen molar-refractivity contribution in [2.45, 2.75) is 18.8 Å². The van der Waals surface area contributed by atoms with Gasteiger partial charge in [0.2, 0.25) is 0 Å². The largest absolute Gasteiger partial charge is 0.481 e. The third-order valence-electron chi connectivity index (χ3n) is 6.70. The second-order valence-electron chi connectivity index (χ2n) is 8.91. The van der Waals surface area contributed by atoms with E-state index in [1.54, 1.807) is 12.1 Å². The highest BCUT2D eigenvalue weighted by molar-refractivity contribution is 9.10. The fraction of sp³-hybridized carbons (Fsp3) is 0.222. The Morgan fingerprint density at radius 2 is 1.60 bits per heavy atom. The summed E-state index contributed by atoms with van der Waals surface area (Å²) in [5, 5.41) is 14.7. The van der Waals surface area contributed by atoms with E-state index in [0.29, 0.717) is 28.6 Å². The van der Waals surface area contributed by atoms with Crippen molar-refractivity contribution in [3.63, 3.8) is 0 Å². The first-order chi connectivity index (χ1) is 16.9. The molecule has 1 saturated carbocycles. The summed E-state index contributed by atoms with van der Waals surface area (Å²) in [4.78, 5) is 36.6. The summed E-state index contributed by atoms with van der Waals surface area (Å²) in [7, 11) is 0. The van der Waals surface area contributed by atoms with Crippen LogP contribution < -0.4 is 10.6 Å². The van der Waals surface area contributed by atoms with E-state index in [2.05, 4.69) is 50.8 Å². The van der Waals surface area contributed by atoms with Gasteiger partial charge in [-0.3, -0.25) is 14.9 Å². The van der Waals surface area contributed by atoms with Gasteiger partial charge in [-0.05, 0) is 69.2 Å². The van der Waals surface area contributed by atoms with Crippen LogP contribution in [-0.4, -0.2) is 36.2 Å². The Labute approximate surface area is 210 Å². The zero-order chi connectivity index (χ0) is 24.6. The molecule has 5 rings (SSSR count). The molecule has 2 aliphatic carbocycles. The predicted octanol–water partition coefficient (Wildman–Crippen LogP) is 5.40. The second kappa shape index (κ2) is 9.19. The number of hydrogen-bond acceptors (Lipinski definition) is 4. The number of ether oxygens (including phenoxy) is 1. The molecule has 0 unspecified atom stereocenters. The van der Waals surface area contributed by atoms with Crippen molar-refractivity contribution in [3.05, 3.63) is 87.9 Å². The number of halogens is 1. The lowest BCUT2D eigenvalue weighted by atomic mass is 9.98. The van der Waals surface area contributed by atoms with Crippen molar-refractivity contribution in [3.8, 4) is 11.1 Å². The molecule has 0 spiro atoms. The van der Waals surface area contributed by atoms with Crippen LogP contribution >= 0.6 is 15.9 Å². The van der Waals surface area contributed by atoms with Crippen LogP contribution in [0, 0.1) is 5.41 Å². The van der Waals surface area contributed by atoms with Gasteiger partial charge < -0.3 is 15.2 Å². The van der Waals surface area contributed by atoms with Crippen molar-refractivity contribution in [1.82, 2.24) is 5.32 Å². The van der Waals surface area contributed by atoms with Gasteiger partial charge in [0.1, 0.15) is 6.61 Å². The lowest BCUT2D eigenvalue weighted by Gasteiger charge is -2.15. The third kappa shape index (κ3) is 4.53. The second-order valence-corrected chi connectivity index (χ2v) is 9.77. The van der Waals surface area contributed by atoms with Gasteiger partial charge in [0.25, 0.3) is 5.91 Å². The number of aliphatic carboxylic acids is 1. The summed E-state index contributed by atoms with van der Waals surface area (Å²) in [5.41, 5.74) is 4.38. The summed E-state index contributed by atoms with van der Waals surface area (Å²) < 4.78 is 6.11. The number of carbonyl (C=O) groups excluding carboxylic acids is 2. The predicted molar refractivity (Wildman–Crippen MR) is 134 cm³/mol. The monoisotopic (exact) mass is 534 g/mol. The maximum atomic E-state index is 12.7. The molecule has 0 aromatic heterocycles. The number of fused-ring (bicyclic) bond motifs is 3. The Bertz CT molecular complexity index is 1290. The highest BCUT2D eigenvalue weighted by atomic mass is 79.9. The van der Waals surface area contributed by atoms with Gasteiger partial charge in [-0.1, -0.05) is 48.5 Å².